The first-order valence-corrected chi connectivity index (χ1v) is 6.81. The lowest BCUT2D eigenvalue weighted by molar-refractivity contribution is 0.635. The summed E-state index contributed by atoms with van der Waals surface area (Å²) in [6.45, 7) is 4.42. The number of hydrogen-bond donors (Lipinski definition) is 0. The van der Waals surface area contributed by atoms with Gasteiger partial charge in [0.1, 0.15) is 0 Å². The third-order valence-electron chi connectivity index (χ3n) is 3.68. The zero-order chi connectivity index (χ0) is 11.5. The van der Waals surface area contributed by atoms with E-state index in [0.717, 1.165) is 5.92 Å². The minimum Gasteiger partial charge on any atom is -0.123 e. The van der Waals surface area contributed by atoms with Gasteiger partial charge < -0.3 is 0 Å². The van der Waals surface area contributed by atoms with Gasteiger partial charge in [0, 0.05) is 5.38 Å². The van der Waals surface area contributed by atoms with Crippen molar-refractivity contribution in [1.29, 1.82) is 0 Å². The molecule has 1 aromatic carbocycles. The number of benzene rings is 1. The Kier molecular flexibility index (Phi) is 3.91. The van der Waals surface area contributed by atoms with E-state index in [0.29, 0.717) is 5.38 Å². The van der Waals surface area contributed by atoms with E-state index >= 15 is 0 Å². The Balaban J connectivity index is 1.84. The van der Waals surface area contributed by atoms with E-state index in [4.69, 9.17) is 11.6 Å². The number of rotatable bonds is 5. The average Bonchev–Trinajstić information content (AvgIpc) is 3.05. The van der Waals surface area contributed by atoms with Gasteiger partial charge in [-0.3, -0.25) is 0 Å². The van der Waals surface area contributed by atoms with Crippen LogP contribution >= 0.6 is 11.6 Å². The Morgan fingerprint density at radius 1 is 1.25 bits per heavy atom. The minimum atomic E-state index is 0.435. The van der Waals surface area contributed by atoms with Crippen LogP contribution < -0.4 is 0 Å². The van der Waals surface area contributed by atoms with Gasteiger partial charge in [-0.1, -0.05) is 18.2 Å². The van der Waals surface area contributed by atoms with Crippen LogP contribution in [0.3, 0.4) is 0 Å². The maximum atomic E-state index is 6.32. The molecule has 0 spiro atoms. The molecule has 0 heterocycles. The quantitative estimate of drug-likeness (QED) is 0.654. The highest BCUT2D eigenvalue weighted by molar-refractivity contribution is 6.20. The first-order valence-electron chi connectivity index (χ1n) is 6.37. The normalized spacial score (nSPS) is 17.4. The van der Waals surface area contributed by atoms with Gasteiger partial charge >= 0.3 is 0 Å². The second-order valence-electron chi connectivity index (χ2n) is 5.12. The second kappa shape index (κ2) is 5.23. The lowest BCUT2D eigenvalue weighted by Gasteiger charge is -2.11. The fourth-order valence-electron chi connectivity index (χ4n) is 2.41. The highest BCUT2D eigenvalue weighted by Crippen LogP contribution is 2.37. The molecule has 0 bridgehead atoms. The van der Waals surface area contributed by atoms with Gasteiger partial charge in [-0.15, -0.1) is 11.6 Å². The summed E-state index contributed by atoms with van der Waals surface area (Å²) in [4.78, 5) is 0. The van der Waals surface area contributed by atoms with Crippen LogP contribution in [0.4, 0.5) is 0 Å². The van der Waals surface area contributed by atoms with Gasteiger partial charge in [-0.2, -0.15) is 0 Å². The topological polar surface area (TPSA) is 0 Å². The van der Waals surface area contributed by atoms with Crippen LogP contribution in [-0.4, -0.2) is 5.38 Å². The molecule has 1 atom stereocenters. The number of hydrogen-bond acceptors (Lipinski definition) is 0. The number of halogens is 1. The fourth-order valence-corrected chi connectivity index (χ4v) is 2.82. The third-order valence-corrected chi connectivity index (χ3v) is 4.26. The molecular weight excluding hydrogens is 216 g/mol. The molecule has 1 aromatic rings. The van der Waals surface area contributed by atoms with Gasteiger partial charge in [-0.05, 0) is 68.6 Å². The molecule has 0 amide bonds. The van der Waals surface area contributed by atoms with Crippen molar-refractivity contribution in [3.05, 3.63) is 34.9 Å². The summed E-state index contributed by atoms with van der Waals surface area (Å²) in [7, 11) is 0. The molecule has 0 aromatic heterocycles. The molecule has 1 unspecified atom stereocenters. The van der Waals surface area contributed by atoms with Crippen molar-refractivity contribution in [2.75, 3.05) is 0 Å². The average molecular weight is 237 g/mol. The summed E-state index contributed by atoms with van der Waals surface area (Å²) in [6, 6.07) is 6.56. The molecule has 1 aliphatic rings. The molecule has 1 aliphatic carbocycles. The fraction of sp³-hybridized carbons (Fsp3) is 0.600. The zero-order valence-corrected chi connectivity index (χ0v) is 11.1. The second-order valence-corrected chi connectivity index (χ2v) is 5.68. The smallest absolute Gasteiger partial charge is 0.0364 e. The lowest BCUT2D eigenvalue weighted by atomic mass is 9.97. The van der Waals surface area contributed by atoms with E-state index in [-0.39, 0.29) is 0 Å². The summed E-state index contributed by atoms with van der Waals surface area (Å²) >= 11 is 6.32. The monoisotopic (exact) mass is 236 g/mol. The minimum absolute atomic E-state index is 0.435. The molecule has 2 rings (SSSR count). The summed E-state index contributed by atoms with van der Waals surface area (Å²) in [5.41, 5.74) is 4.39. The summed E-state index contributed by atoms with van der Waals surface area (Å²) in [6.07, 6.45) is 6.32. The predicted molar refractivity (Wildman–Crippen MR) is 71.2 cm³/mol. The van der Waals surface area contributed by atoms with Crippen molar-refractivity contribution in [1.82, 2.24) is 0 Å². The van der Waals surface area contributed by atoms with E-state index in [1.54, 1.807) is 0 Å². The largest absolute Gasteiger partial charge is 0.123 e. The molecule has 1 fully saturated rings. The Morgan fingerprint density at radius 2 is 1.88 bits per heavy atom. The van der Waals surface area contributed by atoms with Crippen molar-refractivity contribution in [2.45, 2.75) is 51.3 Å². The Morgan fingerprint density at radius 3 is 2.44 bits per heavy atom. The van der Waals surface area contributed by atoms with E-state index in [9.17, 15) is 0 Å². The summed E-state index contributed by atoms with van der Waals surface area (Å²) < 4.78 is 0. The standard InChI is InChI=1S/C15H21Cl/c1-11-5-3-6-12(2)14(11)7-4-8-15(16)13-9-10-13/h3,5-6,13,15H,4,7-10H2,1-2H3. The summed E-state index contributed by atoms with van der Waals surface area (Å²) in [5, 5.41) is 0.435. The molecule has 1 saturated carbocycles. The molecule has 0 radical (unpaired) electrons. The van der Waals surface area contributed by atoms with Gasteiger partial charge in [0.05, 0.1) is 0 Å². The first kappa shape index (κ1) is 12.0. The van der Waals surface area contributed by atoms with Gasteiger partial charge in [0.2, 0.25) is 0 Å². The predicted octanol–water partition coefficient (Wildman–Crippen LogP) is 4.64. The lowest BCUT2D eigenvalue weighted by Crippen LogP contribution is -2.02. The van der Waals surface area contributed by atoms with Gasteiger partial charge in [-0.25, -0.2) is 0 Å². The molecule has 0 saturated heterocycles. The highest BCUT2D eigenvalue weighted by atomic mass is 35.5. The van der Waals surface area contributed by atoms with E-state index in [2.05, 4.69) is 32.0 Å². The van der Waals surface area contributed by atoms with E-state index in [1.807, 2.05) is 0 Å². The molecule has 0 aliphatic heterocycles. The maximum absolute atomic E-state index is 6.32. The third kappa shape index (κ3) is 3.01. The summed E-state index contributed by atoms with van der Waals surface area (Å²) in [5.74, 6) is 0.833. The Labute approximate surface area is 104 Å². The van der Waals surface area contributed by atoms with Gasteiger partial charge in [0.25, 0.3) is 0 Å². The molecule has 0 N–H and O–H groups in total. The zero-order valence-electron chi connectivity index (χ0n) is 10.3. The van der Waals surface area contributed by atoms with Gasteiger partial charge in [0.15, 0.2) is 0 Å². The van der Waals surface area contributed by atoms with Crippen molar-refractivity contribution < 1.29 is 0 Å². The molecule has 16 heavy (non-hydrogen) atoms. The SMILES string of the molecule is Cc1cccc(C)c1CCCC(Cl)C1CC1. The van der Waals surface area contributed by atoms with Crippen molar-refractivity contribution in [2.24, 2.45) is 5.92 Å². The first-order chi connectivity index (χ1) is 7.68. The van der Waals surface area contributed by atoms with E-state index in [1.165, 1.54) is 48.8 Å². The highest BCUT2D eigenvalue weighted by Gasteiger charge is 2.28. The molecule has 1 heteroatoms. The van der Waals surface area contributed by atoms with E-state index < -0.39 is 0 Å². The molecule has 0 nitrogen and oxygen atoms in total. The van der Waals surface area contributed by atoms with Crippen LogP contribution in [-0.2, 0) is 6.42 Å². The maximum Gasteiger partial charge on any atom is 0.0364 e. The van der Waals surface area contributed by atoms with Crippen LogP contribution in [0.1, 0.15) is 42.4 Å². The molecule has 88 valence electrons. The van der Waals surface area contributed by atoms with Crippen LogP contribution in [0.15, 0.2) is 18.2 Å². The van der Waals surface area contributed by atoms with Crippen molar-refractivity contribution in [3.63, 3.8) is 0 Å². The Bertz CT molecular complexity index is 332. The number of alkyl halides is 1. The Hall–Kier alpha value is -0.490. The van der Waals surface area contributed by atoms with Crippen LogP contribution in [0.5, 0.6) is 0 Å². The molecular formula is C15H21Cl. The van der Waals surface area contributed by atoms with Crippen molar-refractivity contribution >= 4 is 11.6 Å². The van der Waals surface area contributed by atoms with Crippen LogP contribution in [0.2, 0.25) is 0 Å². The van der Waals surface area contributed by atoms with Crippen molar-refractivity contribution in [3.8, 4) is 0 Å². The number of aryl methyl sites for hydroxylation is 2. The van der Waals surface area contributed by atoms with Crippen LogP contribution in [0.25, 0.3) is 0 Å². The van der Waals surface area contributed by atoms with Crippen LogP contribution in [0, 0.1) is 19.8 Å².